The number of benzene rings is 2. The summed E-state index contributed by atoms with van der Waals surface area (Å²) in [5.41, 5.74) is 7.66. The highest BCUT2D eigenvalue weighted by molar-refractivity contribution is 5.78. The molecule has 0 atom stereocenters. The molecule has 2 fully saturated rings. The van der Waals surface area contributed by atoms with Gasteiger partial charge in [0.15, 0.2) is 0 Å². The van der Waals surface area contributed by atoms with Gasteiger partial charge in [-0.3, -0.25) is 0 Å². The average Bonchev–Trinajstić information content (AvgIpc) is 2.74. The van der Waals surface area contributed by atoms with E-state index in [4.69, 9.17) is 0 Å². The largest absolute Gasteiger partial charge is 0.377 e. The number of rotatable bonds is 4. The normalized spacial score (nSPS) is 19.2. The van der Waals surface area contributed by atoms with Crippen LogP contribution >= 0.6 is 0 Å². The summed E-state index contributed by atoms with van der Waals surface area (Å²) in [7, 11) is 4.41. The summed E-state index contributed by atoms with van der Waals surface area (Å²) in [6, 6.07) is 16.3. The Hall–Kier alpha value is -1.76. The van der Waals surface area contributed by atoms with Crippen LogP contribution in [0.15, 0.2) is 42.5 Å². The third-order valence-electron chi connectivity index (χ3n) is 6.87. The molecule has 0 radical (unpaired) electrons. The van der Waals surface area contributed by atoms with E-state index in [1.165, 1.54) is 81.0 Å². The van der Waals surface area contributed by atoms with Crippen molar-refractivity contribution in [3.8, 4) is 11.1 Å². The summed E-state index contributed by atoms with van der Waals surface area (Å²) in [5.74, 6) is 1.46. The fourth-order valence-corrected chi connectivity index (χ4v) is 5.51. The minimum absolute atomic E-state index is 0.715. The van der Waals surface area contributed by atoms with Gasteiger partial charge in [-0.25, -0.2) is 0 Å². The highest BCUT2D eigenvalue weighted by Gasteiger charge is 2.25. The maximum atomic E-state index is 2.41. The van der Waals surface area contributed by atoms with Gasteiger partial charge in [0.25, 0.3) is 0 Å². The van der Waals surface area contributed by atoms with Crippen LogP contribution in [0, 0.1) is 0 Å². The van der Waals surface area contributed by atoms with Crippen LogP contribution in [0.25, 0.3) is 11.1 Å². The Balaban J connectivity index is 1.83. The first-order valence-corrected chi connectivity index (χ1v) is 11.1. The molecule has 0 unspecified atom stereocenters. The first-order chi connectivity index (χ1) is 13.3. The first-order valence-electron chi connectivity index (χ1n) is 11.1. The van der Waals surface area contributed by atoms with Crippen LogP contribution in [0.2, 0.25) is 0 Å². The molecule has 1 nitrogen and oxygen atoms in total. The lowest BCUT2D eigenvalue weighted by Crippen LogP contribution is -2.16. The molecule has 144 valence electrons. The van der Waals surface area contributed by atoms with Crippen molar-refractivity contribution >= 4 is 5.69 Å². The van der Waals surface area contributed by atoms with Gasteiger partial charge in [0, 0.05) is 19.8 Å². The summed E-state index contributed by atoms with van der Waals surface area (Å²) >= 11 is 0. The lowest BCUT2D eigenvalue weighted by Gasteiger charge is -2.31. The van der Waals surface area contributed by atoms with Crippen molar-refractivity contribution in [2.45, 2.75) is 76.0 Å². The van der Waals surface area contributed by atoms with Crippen molar-refractivity contribution in [2.24, 2.45) is 0 Å². The minimum Gasteiger partial charge on any atom is -0.377 e. The van der Waals surface area contributed by atoms with E-state index in [1.54, 1.807) is 11.1 Å². The second-order valence-corrected chi connectivity index (χ2v) is 8.89. The second-order valence-electron chi connectivity index (χ2n) is 8.89. The fourth-order valence-electron chi connectivity index (χ4n) is 5.51. The van der Waals surface area contributed by atoms with E-state index in [9.17, 15) is 0 Å². The van der Waals surface area contributed by atoms with Gasteiger partial charge in [-0.05, 0) is 65.8 Å². The van der Waals surface area contributed by atoms with Crippen molar-refractivity contribution in [2.75, 3.05) is 19.0 Å². The smallest absolute Gasteiger partial charge is 0.0402 e. The quantitative estimate of drug-likeness (QED) is 0.544. The number of hydrogen-bond acceptors (Lipinski definition) is 1. The molecule has 4 rings (SSSR count). The molecule has 2 aromatic rings. The van der Waals surface area contributed by atoms with E-state index < -0.39 is 0 Å². The van der Waals surface area contributed by atoms with Gasteiger partial charge < -0.3 is 4.90 Å². The standard InChI is InChI=1S/C26H35N/c1-27(2)25-19-11-18-24(26(25)21-14-7-4-8-15-21)23-17-10-9-16-22(23)20-12-5-3-6-13-20/h9-11,16-21H,3-8,12-15H2,1-2H3. The van der Waals surface area contributed by atoms with E-state index in [2.05, 4.69) is 61.5 Å². The Morgan fingerprint density at radius 2 is 1.22 bits per heavy atom. The zero-order chi connectivity index (χ0) is 18.6. The van der Waals surface area contributed by atoms with Gasteiger partial charge >= 0.3 is 0 Å². The van der Waals surface area contributed by atoms with Gasteiger partial charge in [0.2, 0.25) is 0 Å². The Morgan fingerprint density at radius 1 is 0.630 bits per heavy atom. The van der Waals surface area contributed by atoms with Crippen LogP contribution in [0.3, 0.4) is 0 Å². The van der Waals surface area contributed by atoms with Crippen molar-refractivity contribution in [3.63, 3.8) is 0 Å². The third kappa shape index (κ3) is 3.93. The predicted octanol–water partition coefficient (Wildman–Crippen LogP) is 7.52. The Bertz CT molecular complexity index is 749. The topological polar surface area (TPSA) is 3.24 Å². The van der Waals surface area contributed by atoms with Gasteiger partial charge in [-0.1, -0.05) is 74.9 Å². The molecular weight excluding hydrogens is 326 g/mol. The molecule has 0 N–H and O–H groups in total. The summed E-state index contributed by atoms with van der Waals surface area (Å²) in [5, 5.41) is 0. The SMILES string of the molecule is CN(C)c1cccc(-c2ccccc2C2CCCCC2)c1C1CCCCC1. The van der Waals surface area contributed by atoms with Gasteiger partial charge in [0.1, 0.15) is 0 Å². The summed E-state index contributed by atoms with van der Waals surface area (Å²) in [4.78, 5) is 2.33. The van der Waals surface area contributed by atoms with E-state index in [1.807, 2.05) is 0 Å². The molecule has 2 saturated carbocycles. The Kier molecular flexibility index (Phi) is 5.86. The van der Waals surface area contributed by atoms with Gasteiger partial charge in [0.05, 0.1) is 0 Å². The fraction of sp³-hybridized carbons (Fsp3) is 0.538. The summed E-state index contributed by atoms with van der Waals surface area (Å²) in [6.45, 7) is 0. The molecule has 0 amide bonds. The van der Waals surface area contributed by atoms with Gasteiger partial charge in [-0.15, -0.1) is 0 Å². The highest BCUT2D eigenvalue weighted by atomic mass is 15.1. The lowest BCUT2D eigenvalue weighted by atomic mass is 9.76. The molecule has 0 aromatic heterocycles. The molecule has 0 aliphatic heterocycles. The van der Waals surface area contributed by atoms with Crippen LogP contribution in [-0.4, -0.2) is 14.1 Å². The van der Waals surface area contributed by atoms with E-state index in [0.717, 1.165) is 5.92 Å². The maximum absolute atomic E-state index is 2.41. The molecule has 0 bridgehead atoms. The zero-order valence-corrected chi connectivity index (χ0v) is 17.2. The third-order valence-corrected chi connectivity index (χ3v) is 6.87. The number of anilines is 1. The minimum atomic E-state index is 0.715. The van der Waals surface area contributed by atoms with Crippen molar-refractivity contribution in [3.05, 3.63) is 53.6 Å². The monoisotopic (exact) mass is 361 g/mol. The van der Waals surface area contributed by atoms with E-state index in [-0.39, 0.29) is 0 Å². The van der Waals surface area contributed by atoms with Gasteiger partial charge in [-0.2, -0.15) is 0 Å². The zero-order valence-electron chi connectivity index (χ0n) is 17.2. The average molecular weight is 362 g/mol. The predicted molar refractivity (Wildman–Crippen MR) is 118 cm³/mol. The number of nitrogens with zero attached hydrogens (tertiary/aromatic N) is 1. The molecule has 1 heteroatoms. The van der Waals surface area contributed by atoms with Crippen LogP contribution < -0.4 is 4.90 Å². The molecule has 0 heterocycles. The first kappa shape index (κ1) is 18.6. The molecule has 0 spiro atoms. The highest BCUT2D eigenvalue weighted by Crippen LogP contribution is 2.45. The lowest BCUT2D eigenvalue weighted by molar-refractivity contribution is 0.442. The molecule has 2 aliphatic rings. The van der Waals surface area contributed by atoms with Crippen LogP contribution in [-0.2, 0) is 0 Å². The van der Waals surface area contributed by atoms with Crippen LogP contribution in [0.4, 0.5) is 5.69 Å². The Labute approximate surface area is 165 Å². The molecule has 0 saturated heterocycles. The second kappa shape index (κ2) is 8.50. The maximum Gasteiger partial charge on any atom is 0.0402 e. The molecule has 2 aliphatic carbocycles. The van der Waals surface area contributed by atoms with Crippen molar-refractivity contribution in [1.82, 2.24) is 0 Å². The van der Waals surface area contributed by atoms with Crippen LogP contribution in [0.5, 0.6) is 0 Å². The number of hydrogen-bond donors (Lipinski definition) is 0. The van der Waals surface area contributed by atoms with E-state index >= 15 is 0 Å². The Morgan fingerprint density at radius 3 is 1.89 bits per heavy atom. The summed E-state index contributed by atoms with van der Waals surface area (Å²) < 4.78 is 0. The van der Waals surface area contributed by atoms with Crippen molar-refractivity contribution < 1.29 is 0 Å². The molecular formula is C26H35N. The van der Waals surface area contributed by atoms with E-state index in [0.29, 0.717) is 5.92 Å². The van der Waals surface area contributed by atoms with Crippen molar-refractivity contribution in [1.29, 1.82) is 0 Å². The molecule has 27 heavy (non-hydrogen) atoms. The molecule has 2 aromatic carbocycles. The summed E-state index contributed by atoms with van der Waals surface area (Å²) in [6.07, 6.45) is 13.8. The van der Waals surface area contributed by atoms with Crippen LogP contribution in [0.1, 0.15) is 87.2 Å².